The van der Waals surface area contributed by atoms with Crippen molar-refractivity contribution in [2.24, 2.45) is 0 Å². The van der Waals surface area contributed by atoms with Gasteiger partial charge in [-0.2, -0.15) is 4.31 Å². The fourth-order valence-electron chi connectivity index (χ4n) is 4.13. The van der Waals surface area contributed by atoms with Gasteiger partial charge in [0.05, 0.1) is 4.90 Å². The molecule has 0 aliphatic carbocycles. The molecule has 0 radical (unpaired) electrons. The molecule has 0 spiro atoms. The quantitative estimate of drug-likeness (QED) is 0.644. The first-order valence-electron chi connectivity index (χ1n) is 10.2. The van der Waals surface area contributed by atoms with Crippen LogP contribution in [0, 0.1) is 0 Å². The smallest absolute Gasteiger partial charge is 0.243 e. The van der Waals surface area contributed by atoms with Gasteiger partial charge in [-0.25, -0.2) is 8.42 Å². The van der Waals surface area contributed by atoms with E-state index >= 15 is 0 Å². The average Bonchev–Trinajstić information content (AvgIpc) is 2.79. The Morgan fingerprint density at radius 2 is 1.53 bits per heavy atom. The molecule has 156 valence electrons. The second-order valence-corrected chi connectivity index (χ2v) is 9.56. The van der Waals surface area contributed by atoms with Crippen molar-refractivity contribution in [3.05, 3.63) is 66.2 Å². The van der Waals surface area contributed by atoms with Crippen molar-refractivity contribution >= 4 is 20.8 Å². The highest BCUT2D eigenvalue weighted by Gasteiger charge is 2.29. The van der Waals surface area contributed by atoms with Crippen LogP contribution in [-0.2, 0) is 16.6 Å². The topological polar surface area (TPSA) is 59.1 Å². The van der Waals surface area contributed by atoms with Gasteiger partial charge in [-0.3, -0.25) is 4.90 Å². The number of rotatable bonds is 4. The average molecular weight is 425 g/mol. The van der Waals surface area contributed by atoms with Crippen LogP contribution in [0.25, 0.3) is 10.8 Å². The van der Waals surface area contributed by atoms with Gasteiger partial charge < -0.3 is 9.47 Å². The third kappa shape index (κ3) is 3.64. The molecule has 30 heavy (non-hydrogen) atoms. The number of piperazine rings is 1. The lowest BCUT2D eigenvalue weighted by Gasteiger charge is -2.34. The summed E-state index contributed by atoms with van der Waals surface area (Å²) >= 11 is 0. The number of hydrogen-bond donors (Lipinski definition) is 0. The van der Waals surface area contributed by atoms with E-state index in [0.717, 1.165) is 6.54 Å². The van der Waals surface area contributed by atoms with Crippen molar-refractivity contribution in [1.29, 1.82) is 0 Å². The van der Waals surface area contributed by atoms with Crippen LogP contribution < -0.4 is 9.47 Å². The minimum atomic E-state index is -3.56. The predicted molar refractivity (Wildman–Crippen MR) is 115 cm³/mol. The Morgan fingerprint density at radius 1 is 0.800 bits per heavy atom. The highest BCUT2D eigenvalue weighted by molar-refractivity contribution is 7.89. The zero-order valence-corrected chi connectivity index (χ0v) is 17.5. The van der Waals surface area contributed by atoms with Crippen molar-refractivity contribution in [3.8, 4) is 11.5 Å². The SMILES string of the molecule is O=S(=O)(c1ccc2c(c1)OCCO2)N1CCN(Cc2cccc3ccccc23)CC1. The van der Waals surface area contributed by atoms with Crippen LogP contribution in [0.2, 0.25) is 0 Å². The number of ether oxygens (including phenoxy) is 2. The van der Waals surface area contributed by atoms with Gasteiger partial charge in [0.1, 0.15) is 13.2 Å². The Bertz CT molecular complexity index is 1170. The van der Waals surface area contributed by atoms with E-state index in [2.05, 4.69) is 41.3 Å². The number of nitrogens with zero attached hydrogens (tertiary/aromatic N) is 2. The fraction of sp³-hybridized carbons (Fsp3) is 0.304. The summed E-state index contributed by atoms with van der Waals surface area (Å²) in [5.41, 5.74) is 1.27. The molecule has 6 nitrogen and oxygen atoms in total. The van der Waals surface area contributed by atoms with Crippen molar-refractivity contribution in [2.75, 3.05) is 39.4 Å². The fourth-order valence-corrected chi connectivity index (χ4v) is 5.57. The Labute approximate surface area is 176 Å². The molecule has 0 atom stereocenters. The molecule has 7 heteroatoms. The molecule has 0 aromatic heterocycles. The molecule has 5 rings (SSSR count). The summed E-state index contributed by atoms with van der Waals surface area (Å²) in [5.74, 6) is 1.09. The molecule has 3 aromatic rings. The van der Waals surface area contributed by atoms with Crippen LogP contribution in [0.15, 0.2) is 65.6 Å². The summed E-state index contributed by atoms with van der Waals surface area (Å²) in [5, 5.41) is 2.49. The highest BCUT2D eigenvalue weighted by Crippen LogP contribution is 2.33. The summed E-state index contributed by atoms with van der Waals surface area (Å²) in [4.78, 5) is 2.58. The standard InChI is InChI=1S/C23H24N2O4S/c26-30(27,20-8-9-22-23(16-20)29-15-14-28-22)25-12-10-24(11-13-25)17-19-6-3-5-18-4-1-2-7-21(18)19/h1-9,16H,10-15,17H2. The van der Waals surface area contributed by atoms with E-state index in [-0.39, 0.29) is 4.90 Å². The van der Waals surface area contributed by atoms with Crippen molar-refractivity contribution in [3.63, 3.8) is 0 Å². The molecule has 1 fully saturated rings. The number of hydrogen-bond acceptors (Lipinski definition) is 5. The first-order chi connectivity index (χ1) is 14.6. The molecular weight excluding hydrogens is 400 g/mol. The van der Waals surface area contributed by atoms with Crippen LogP contribution in [-0.4, -0.2) is 57.0 Å². The molecule has 2 aliphatic heterocycles. The van der Waals surface area contributed by atoms with Gasteiger partial charge in [-0.1, -0.05) is 42.5 Å². The van der Waals surface area contributed by atoms with Gasteiger partial charge in [-0.15, -0.1) is 0 Å². The van der Waals surface area contributed by atoms with E-state index in [1.165, 1.54) is 16.3 Å². The Hall–Kier alpha value is -2.61. The molecule has 2 heterocycles. The maximum atomic E-state index is 13.1. The molecule has 0 N–H and O–H groups in total. The Kier molecular flexibility index (Phi) is 5.10. The number of sulfonamides is 1. The first kappa shape index (κ1) is 19.4. The summed E-state index contributed by atoms with van der Waals surface area (Å²) in [6, 6.07) is 19.6. The molecular formula is C23H24N2O4S. The molecule has 0 unspecified atom stereocenters. The Morgan fingerprint density at radius 3 is 2.37 bits per heavy atom. The number of benzene rings is 3. The van der Waals surface area contributed by atoms with E-state index in [4.69, 9.17) is 9.47 Å². The molecule has 1 saturated heterocycles. The monoisotopic (exact) mass is 424 g/mol. The van der Waals surface area contributed by atoms with E-state index in [1.54, 1.807) is 22.5 Å². The molecule has 0 bridgehead atoms. The summed E-state index contributed by atoms with van der Waals surface area (Å²) in [6.07, 6.45) is 0. The maximum absolute atomic E-state index is 13.1. The molecule has 2 aliphatic rings. The van der Waals surface area contributed by atoms with Gasteiger partial charge in [0.25, 0.3) is 0 Å². The van der Waals surface area contributed by atoms with Gasteiger partial charge in [0.2, 0.25) is 10.0 Å². The van der Waals surface area contributed by atoms with E-state index in [1.807, 2.05) is 6.07 Å². The predicted octanol–water partition coefficient (Wildman–Crippen LogP) is 3.12. The molecule has 3 aromatic carbocycles. The van der Waals surface area contributed by atoms with E-state index < -0.39 is 10.0 Å². The molecule has 0 saturated carbocycles. The van der Waals surface area contributed by atoms with Crippen molar-refractivity contribution in [2.45, 2.75) is 11.4 Å². The van der Waals surface area contributed by atoms with Gasteiger partial charge in [0.15, 0.2) is 11.5 Å². The number of fused-ring (bicyclic) bond motifs is 2. The van der Waals surface area contributed by atoms with Crippen LogP contribution >= 0.6 is 0 Å². The minimum Gasteiger partial charge on any atom is -0.486 e. The lowest BCUT2D eigenvalue weighted by molar-refractivity contribution is 0.170. The van der Waals surface area contributed by atoms with Gasteiger partial charge >= 0.3 is 0 Å². The lowest BCUT2D eigenvalue weighted by atomic mass is 10.0. The lowest BCUT2D eigenvalue weighted by Crippen LogP contribution is -2.48. The molecule has 0 amide bonds. The normalized spacial score (nSPS) is 17.9. The second-order valence-electron chi connectivity index (χ2n) is 7.62. The second kappa shape index (κ2) is 7.91. The Balaban J connectivity index is 1.28. The largest absolute Gasteiger partial charge is 0.486 e. The third-order valence-corrected chi connectivity index (χ3v) is 7.65. The third-order valence-electron chi connectivity index (χ3n) is 5.76. The van der Waals surface area contributed by atoms with Crippen molar-refractivity contribution < 1.29 is 17.9 Å². The van der Waals surface area contributed by atoms with E-state index in [0.29, 0.717) is 50.9 Å². The van der Waals surface area contributed by atoms with Crippen LogP contribution in [0.3, 0.4) is 0 Å². The van der Waals surface area contributed by atoms with Gasteiger partial charge in [0, 0.05) is 38.8 Å². The highest BCUT2D eigenvalue weighted by atomic mass is 32.2. The van der Waals surface area contributed by atoms with Crippen molar-refractivity contribution in [1.82, 2.24) is 9.21 Å². The van der Waals surface area contributed by atoms with Gasteiger partial charge in [-0.05, 0) is 28.5 Å². The maximum Gasteiger partial charge on any atom is 0.243 e. The minimum absolute atomic E-state index is 0.259. The van der Waals surface area contributed by atoms with Crippen LogP contribution in [0.5, 0.6) is 11.5 Å². The summed E-state index contributed by atoms with van der Waals surface area (Å²) in [7, 11) is -3.56. The van der Waals surface area contributed by atoms with E-state index in [9.17, 15) is 8.42 Å². The van der Waals surface area contributed by atoms with Crippen LogP contribution in [0.1, 0.15) is 5.56 Å². The zero-order valence-electron chi connectivity index (χ0n) is 16.7. The first-order valence-corrected chi connectivity index (χ1v) is 11.6. The van der Waals surface area contributed by atoms with Crippen LogP contribution in [0.4, 0.5) is 0 Å². The zero-order chi connectivity index (χ0) is 20.6. The summed E-state index contributed by atoms with van der Waals surface area (Å²) < 4.78 is 38.9. The summed E-state index contributed by atoms with van der Waals surface area (Å²) in [6.45, 7) is 4.09.